The molecule has 0 aliphatic carbocycles. The minimum Gasteiger partial charge on any atom is -0.274 e. The molecule has 23 heavy (non-hydrogen) atoms. The molecule has 0 bridgehead atoms. The Morgan fingerprint density at radius 2 is 1.96 bits per heavy atom. The lowest BCUT2D eigenvalue weighted by molar-refractivity contribution is -0.118. The van der Waals surface area contributed by atoms with Gasteiger partial charge in [-0.15, -0.1) is 0 Å². The molecule has 0 unspecified atom stereocenters. The summed E-state index contributed by atoms with van der Waals surface area (Å²) in [5, 5.41) is 5.31. The van der Waals surface area contributed by atoms with Crippen molar-refractivity contribution in [1.82, 2.24) is 14.5 Å². The fourth-order valence-electron chi connectivity index (χ4n) is 2.22. The Bertz CT molecular complexity index is 876. The summed E-state index contributed by atoms with van der Waals surface area (Å²) < 4.78 is 25.8. The largest absolute Gasteiger partial charge is 0.274 e. The smallest absolute Gasteiger partial charge is 0.237 e. The fraction of sp³-hybridized carbons (Fsp3) is 0.286. The molecule has 0 atom stereocenters. The van der Waals surface area contributed by atoms with E-state index in [1.807, 2.05) is 4.72 Å². The number of hydrogen-bond donors (Lipinski definition) is 1. The van der Waals surface area contributed by atoms with E-state index in [0.29, 0.717) is 32.7 Å². The van der Waals surface area contributed by atoms with E-state index in [1.54, 1.807) is 36.7 Å². The Kier molecular flexibility index (Phi) is 5.03. The van der Waals surface area contributed by atoms with Gasteiger partial charge >= 0.3 is 0 Å². The van der Waals surface area contributed by atoms with Gasteiger partial charge < -0.3 is 0 Å². The van der Waals surface area contributed by atoms with Crippen molar-refractivity contribution in [3.05, 3.63) is 45.2 Å². The number of aryl methyl sites for hydroxylation is 1. The van der Waals surface area contributed by atoms with E-state index in [9.17, 15) is 13.2 Å². The number of rotatable bonds is 4. The summed E-state index contributed by atoms with van der Waals surface area (Å²) in [6.45, 7) is 3.53. The topological polar surface area (TPSA) is 81.1 Å². The number of hydrogen-bond acceptors (Lipinski definition) is 4. The molecule has 124 valence electrons. The molecule has 1 heterocycles. The highest BCUT2D eigenvalue weighted by atomic mass is 35.5. The average Bonchev–Trinajstić information content (AvgIpc) is 2.64. The van der Waals surface area contributed by atoms with E-state index in [1.165, 1.54) is 0 Å². The molecule has 2 aromatic rings. The zero-order chi connectivity index (χ0) is 17.4. The van der Waals surface area contributed by atoms with Gasteiger partial charge in [-0.25, -0.2) is 13.1 Å². The van der Waals surface area contributed by atoms with Crippen LogP contribution in [0.5, 0.6) is 0 Å². The van der Waals surface area contributed by atoms with E-state index >= 15 is 0 Å². The third-order valence-corrected chi connectivity index (χ3v) is 4.35. The van der Waals surface area contributed by atoms with Gasteiger partial charge in [-0.2, -0.15) is 5.10 Å². The summed E-state index contributed by atoms with van der Waals surface area (Å²) >= 11 is 12.1. The van der Waals surface area contributed by atoms with Crippen LogP contribution >= 0.6 is 23.2 Å². The first-order valence-electron chi connectivity index (χ1n) is 6.59. The lowest BCUT2D eigenvalue weighted by atomic mass is 10.1. The summed E-state index contributed by atoms with van der Waals surface area (Å²) in [6.07, 6.45) is 0.845. The zero-order valence-corrected chi connectivity index (χ0v) is 15.1. The number of amides is 1. The Balaban J connectivity index is 2.38. The molecule has 2 rings (SSSR count). The monoisotopic (exact) mass is 375 g/mol. The maximum Gasteiger partial charge on any atom is 0.237 e. The van der Waals surface area contributed by atoms with Crippen LogP contribution in [0.2, 0.25) is 10.0 Å². The van der Waals surface area contributed by atoms with E-state index in [0.717, 1.165) is 6.26 Å². The molecule has 0 saturated carbocycles. The molecular formula is C14H15Cl2N3O3S. The summed E-state index contributed by atoms with van der Waals surface area (Å²) in [7, 11) is -3.59. The number of aromatic nitrogens is 2. The third kappa shape index (κ3) is 4.25. The number of nitrogens with one attached hydrogen (secondary N) is 1. The molecule has 6 nitrogen and oxygen atoms in total. The second-order valence-electron chi connectivity index (χ2n) is 5.13. The van der Waals surface area contributed by atoms with Crippen molar-refractivity contribution in [3.63, 3.8) is 0 Å². The Morgan fingerprint density at radius 1 is 1.30 bits per heavy atom. The maximum atomic E-state index is 11.8. The van der Waals surface area contributed by atoms with Crippen molar-refractivity contribution in [2.24, 2.45) is 0 Å². The predicted octanol–water partition coefficient (Wildman–Crippen LogP) is 2.41. The van der Waals surface area contributed by atoms with Crippen LogP contribution in [0.25, 0.3) is 5.69 Å². The van der Waals surface area contributed by atoms with Gasteiger partial charge in [0.05, 0.1) is 29.1 Å². The average molecular weight is 376 g/mol. The Morgan fingerprint density at radius 3 is 2.52 bits per heavy atom. The van der Waals surface area contributed by atoms with Crippen molar-refractivity contribution in [2.75, 3.05) is 6.26 Å². The number of nitrogens with zero attached hydrogens (tertiary/aromatic N) is 2. The summed E-state index contributed by atoms with van der Waals surface area (Å²) in [4.78, 5) is 11.8. The van der Waals surface area contributed by atoms with Gasteiger partial charge in [-0.05, 0) is 32.0 Å². The third-order valence-electron chi connectivity index (χ3n) is 3.22. The molecule has 1 N–H and O–H groups in total. The minimum absolute atomic E-state index is 0.0874. The van der Waals surface area contributed by atoms with Crippen LogP contribution in [0, 0.1) is 13.8 Å². The molecule has 1 aromatic heterocycles. The second kappa shape index (κ2) is 6.51. The molecule has 1 aromatic carbocycles. The second-order valence-corrected chi connectivity index (χ2v) is 7.72. The van der Waals surface area contributed by atoms with Crippen LogP contribution < -0.4 is 4.72 Å². The molecule has 0 aliphatic heterocycles. The van der Waals surface area contributed by atoms with Crippen molar-refractivity contribution in [2.45, 2.75) is 20.3 Å². The van der Waals surface area contributed by atoms with Gasteiger partial charge in [-0.1, -0.05) is 23.2 Å². The van der Waals surface area contributed by atoms with Gasteiger partial charge in [0.1, 0.15) is 0 Å². The summed E-state index contributed by atoms with van der Waals surface area (Å²) in [5.41, 5.74) is 2.61. The molecule has 0 spiro atoms. The van der Waals surface area contributed by atoms with Gasteiger partial charge in [0.25, 0.3) is 0 Å². The first kappa shape index (κ1) is 17.8. The van der Waals surface area contributed by atoms with Crippen LogP contribution in [0.3, 0.4) is 0 Å². The first-order chi connectivity index (χ1) is 10.6. The van der Waals surface area contributed by atoms with Gasteiger partial charge in [-0.3, -0.25) is 9.52 Å². The van der Waals surface area contributed by atoms with E-state index in [2.05, 4.69) is 5.10 Å². The van der Waals surface area contributed by atoms with Crippen molar-refractivity contribution in [1.29, 1.82) is 0 Å². The van der Waals surface area contributed by atoms with Crippen LogP contribution in [0.1, 0.15) is 17.0 Å². The number of carbonyl (C=O) groups excluding carboxylic acids is 1. The molecular weight excluding hydrogens is 361 g/mol. The first-order valence-corrected chi connectivity index (χ1v) is 9.24. The summed E-state index contributed by atoms with van der Waals surface area (Å²) in [5.74, 6) is -0.611. The lowest BCUT2D eigenvalue weighted by Crippen LogP contribution is -2.30. The molecule has 9 heteroatoms. The minimum atomic E-state index is -3.59. The molecule has 0 aliphatic rings. The lowest BCUT2D eigenvalue weighted by Gasteiger charge is -2.08. The maximum absolute atomic E-state index is 11.8. The van der Waals surface area contributed by atoms with E-state index in [4.69, 9.17) is 23.2 Å². The standard InChI is InChI=1S/C14H15Cl2N3O3S/c1-8-11(7-14(20)18-23(3,21)22)9(2)19(17-8)13-5-4-10(15)6-12(13)16/h4-6H,7H2,1-3H3,(H,18,20). The molecule has 0 saturated heterocycles. The molecule has 0 radical (unpaired) electrons. The Labute approximate surface area is 144 Å². The predicted molar refractivity (Wildman–Crippen MR) is 89.7 cm³/mol. The van der Waals surface area contributed by atoms with Crippen LogP contribution in [0.15, 0.2) is 18.2 Å². The summed E-state index contributed by atoms with van der Waals surface area (Å²) in [6, 6.07) is 5.02. The van der Waals surface area contributed by atoms with Gasteiger partial charge in [0.15, 0.2) is 0 Å². The van der Waals surface area contributed by atoms with Crippen LogP contribution in [0.4, 0.5) is 0 Å². The molecule has 1 amide bonds. The van der Waals surface area contributed by atoms with Crippen LogP contribution in [-0.2, 0) is 21.2 Å². The normalized spacial score (nSPS) is 11.5. The SMILES string of the molecule is Cc1nn(-c2ccc(Cl)cc2Cl)c(C)c1CC(=O)NS(C)(=O)=O. The van der Waals surface area contributed by atoms with Crippen molar-refractivity contribution >= 4 is 39.1 Å². The van der Waals surface area contributed by atoms with Gasteiger partial charge in [0, 0.05) is 16.3 Å². The number of sulfonamides is 1. The number of halogens is 2. The van der Waals surface area contributed by atoms with E-state index < -0.39 is 15.9 Å². The fourth-order valence-corrected chi connectivity index (χ4v) is 3.20. The molecule has 0 fully saturated rings. The van der Waals surface area contributed by atoms with Gasteiger partial charge in [0.2, 0.25) is 15.9 Å². The Hall–Kier alpha value is -1.57. The highest BCUT2D eigenvalue weighted by Crippen LogP contribution is 2.27. The number of carbonyl (C=O) groups is 1. The quantitative estimate of drug-likeness (QED) is 0.889. The zero-order valence-electron chi connectivity index (χ0n) is 12.7. The van der Waals surface area contributed by atoms with Crippen LogP contribution in [-0.4, -0.2) is 30.4 Å². The highest BCUT2D eigenvalue weighted by Gasteiger charge is 2.18. The number of benzene rings is 1. The van der Waals surface area contributed by atoms with E-state index in [-0.39, 0.29) is 6.42 Å². The van der Waals surface area contributed by atoms with Crippen molar-refractivity contribution < 1.29 is 13.2 Å². The highest BCUT2D eigenvalue weighted by molar-refractivity contribution is 7.89. The van der Waals surface area contributed by atoms with Crippen molar-refractivity contribution in [3.8, 4) is 5.69 Å².